The number of unbranched alkanes of at least 4 members (excludes halogenated alkanes) is 3. The molecule has 0 aliphatic heterocycles. The van der Waals surface area contributed by atoms with Gasteiger partial charge < -0.3 is 11.1 Å². The second kappa shape index (κ2) is 8.05. The lowest BCUT2D eigenvalue weighted by molar-refractivity contribution is -0.122. The van der Waals surface area contributed by atoms with Gasteiger partial charge in [0.1, 0.15) is 0 Å². The molecule has 1 aliphatic carbocycles. The van der Waals surface area contributed by atoms with E-state index in [1.807, 2.05) is 0 Å². The highest BCUT2D eigenvalue weighted by molar-refractivity contribution is 5.76. The number of nitrogens with one attached hydrogen (secondary N) is 1. The van der Waals surface area contributed by atoms with Gasteiger partial charge in [0.05, 0.1) is 0 Å². The predicted molar refractivity (Wildman–Crippen MR) is 82.5 cm³/mol. The van der Waals surface area contributed by atoms with E-state index in [0.717, 1.165) is 51.5 Å². The third kappa shape index (κ3) is 4.64. The van der Waals surface area contributed by atoms with Crippen LogP contribution in [0.5, 0.6) is 0 Å². The molecule has 1 amide bonds. The van der Waals surface area contributed by atoms with E-state index >= 15 is 0 Å². The number of hydrogen-bond donors (Lipinski definition) is 2. The Kier molecular flexibility index (Phi) is 6.06. The van der Waals surface area contributed by atoms with Crippen LogP contribution >= 0.6 is 0 Å². The quantitative estimate of drug-likeness (QED) is 0.751. The number of amides is 1. The number of fused-ring (bicyclic) bond motifs is 1. The molecule has 1 aliphatic rings. The molecule has 0 saturated carbocycles. The van der Waals surface area contributed by atoms with Crippen molar-refractivity contribution in [2.45, 2.75) is 57.4 Å². The lowest BCUT2D eigenvalue weighted by Crippen LogP contribution is -2.38. The summed E-state index contributed by atoms with van der Waals surface area (Å²) in [6, 6.07) is 8.88. The van der Waals surface area contributed by atoms with Gasteiger partial charge >= 0.3 is 0 Å². The number of rotatable bonds is 7. The number of carbonyl (C=O) groups excluding carboxylic acids is 1. The van der Waals surface area contributed by atoms with Gasteiger partial charge in [-0.05, 0) is 49.8 Å². The average Bonchev–Trinajstić information content (AvgIpc) is 2.47. The Morgan fingerprint density at radius 2 is 1.90 bits per heavy atom. The molecule has 2 rings (SSSR count). The fourth-order valence-electron chi connectivity index (χ4n) is 2.90. The van der Waals surface area contributed by atoms with Crippen molar-refractivity contribution >= 4 is 5.91 Å². The highest BCUT2D eigenvalue weighted by atomic mass is 16.1. The van der Waals surface area contributed by atoms with Crippen LogP contribution in [0.25, 0.3) is 0 Å². The summed E-state index contributed by atoms with van der Waals surface area (Å²) in [5, 5.41) is 3.19. The summed E-state index contributed by atoms with van der Waals surface area (Å²) >= 11 is 0. The van der Waals surface area contributed by atoms with Gasteiger partial charge in [-0.25, -0.2) is 0 Å². The Labute approximate surface area is 121 Å². The molecule has 20 heavy (non-hydrogen) atoms. The summed E-state index contributed by atoms with van der Waals surface area (Å²) in [5.74, 6) is 0.210. The summed E-state index contributed by atoms with van der Waals surface area (Å²) in [5.41, 5.74) is 8.29. The van der Waals surface area contributed by atoms with E-state index < -0.39 is 0 Å². The molecule has 0 heterocycles. The van der Waals surface area contributed by atoms with Crippen LogP contribution in [0.15, 0.2) is 24.3 Å². The zero-order valence-electron chi connectivity index (χ0n) is 12.2. The highest BCUT2D eigenvalue weighted by Gasteiger charge is 2.19. The van der Waals surface area contributed by atoms with Crippen LogP contribution in [0.2, 0.25) is 0 Å². The predicted octanol–water partition coefficient (Wildman–Crippen LogP) is 2.57. The van der Waals surface area contributed by atoms with Crippen LogP contribution in [0.4, 0.5) is 0 Å². The lowest BCUT2D eigenvalue weighted by atomic mass is 9.88. The second-order valence-electron chi connectivity index (χ2n) is 5.73. The minimum atomic E-state index is 0.210. The van der Waals surface area contributed by atoms with Crippen molar-refractivity contribution in [1.29, 1.82) is 0 Å². The van der Waals surface area contributed by atoms with Crippen molar-refractivity contribution in [2.24, 2.45) is 5.73 Å². The third-order valence-electron chi connectivity index (χ3n) is 4.07. The van der Waals surface area contributed by atoms with Crippen molar-refractivity contribution in [3.05, 3.63) is 35.4 Å². The first-order chi connectivity index (χ1) is 9.79. The van der Waals surface area contributed by atoms with Crippen LogP contribution < -0.4 is 11.1 Å². The molecule has 3 heteroatoms. The highest BCUT2D eigenvalue weighted by Crippen LogP contribution is 2.21. The largest absolute Gasteiger partial charge is 0.353 e. The van der Waals surface area contributed by atoms with E-state index in [1.165, 1.54) is 11.1 Å². The molecule has 0 aromatic heterocycles. The number of carbonyl (C=O) groups is 1. The van der Waals surface area contributed by atoms with E-state index in [-0.39, 0.29) is 5.91 Å². The Balaban J connectivity index is 1.68. The molecule has 3 nitrogen and oxygen atoms in total. The molecule has 1 aromatic carbocycles. The van der Waals surface area contributed by atoms with E-state index in [0.29, 0.717) is 12.5 Å². The zero-order chi connectivity index (χ0) is 14.2. The molecule has 0 spiro atoms. The van der Waals surface area contributed by atoms with Crippen LogP contribution in [0, 0.1) is 0 Å². The monoisotopic (exact) mass is 274 g/mol. The lowest BCUT2D eigenvalue weighted by Gasteiger charge is -2.25. The summed E-state index contributed by atoms with van der Waals surface area (Å²) < 4.78 is 0. The van der Waals surface area contributed by atoms with E-state index in [1.54, 1.807) is 0 Å². The van der Waals surface area contributed by atoms with Crippen molar-refractivity contribution in [3.8, 4) is 0 Å². The summed E-state index contributed by atoms with van der Waals surface area (Å²) in [4.78, 5) is 11.9. The molecule has 1 atom stereocenters. The minimum Gasteiger partial charge on any atom is -0.353 e. The third-order valence-corrected chi connectivity index (χ3v) is 4.07. The zero-order valence-corrected chi connectivity index (χ0v) is 12.2. The number of nitrogens with two attached hydrogens (primary N) is 1. The van der Waals surface area contributed by atoms with Crippen molar-refractivity contribution in [3.63, 3.8) is 0 Å². The summed E-state index contributed by atoms with van der Waals surface area (Å²) in [6.45, 7) is 0.758. The van der Waals surface area contributed by atoms with Crippen LogP contribution in [-0.4, -0.2) is 18.5 Å². The maximum Gasteiger partial charge on any atom is 0.220 e. The van der Waals surface area contributed by atoms with E-state index in [9.17, 15) is 4.79 Å². The molecule has 3 N–H and O–H groups in total. The molecule has 110 valence electrons. The number of hydrogen-bond acceptors (Lipinski definition) is 2. The van der Waals surface area contributed by atoms with Crippen molar-refractivity contribution in [1.82, 2.24) is 5.32 Å². The first-order valence-electron chi connectivity index (χ1n) is 7.86. The molecule has 0 fully saturated rings. The first-order valence-corrected chi connectivity index (χ1v) is 7.86. The van der Waals surface area contributed by atoms with Gasteiger partial charge in [0, 0.05) is 12.5 Å². The maximum absolute atomic E-state index is 11.9. The number of benzene rings is 1. The van der Waals surface area contributed by atoms with Gasteiger partial charge in [-0.15, -0.1) is 0 Å². The van der Waals surface area contributed by atoms with Crippen molar-refractivity contribution in [2.75, 3.05) is 6.54 Å². The van der Waals surface area contributed by atoms with Gasteiger partial charge in [0.2, 0.25) is 5.91 Å². The smallest absolute Gasteiger partial charge is 0.220 e. The average molecular weight is 274 g/mol. The SMILES string of the molecule is NCCCCCCC(=O)NC1CCc2ccccc2C1. The maximum atomic E-state index is 11.9. The van der Waals surface area contributed by atoms with Gasteiger partial charge in [-0.3, -0.25) is 4.79 Å². The van der Waals surface area contributed by atoms with Gasteiger partial charge in [-0.2, -0.15) is 0 Å². The molecule has 1 unspecified atom stereocenters. The fraction of sp³-hybridized carbons (Fsp3) is 0.588. The molecular formula is C17H26N2O. The molecule has 1 aromatic rings. The van der Waals surface area contributed by atoms with Gasteiger partial charge in [-0.1, -0.05) is 37.1 Å². The van der Waals surface area contributed by atoms with E-state index in [2.05, 4.69) is 29.6 Å². The fourth-order valence-corrected chi connectivity index (χ4v) is 2.90. The normalized spacial score (nSPS) is 17.6. The minimum absolute atomic E-state index is 0.210. The van der Waals surface area contributed by atoms with Gasteiger partial charge in [0.25, 0.3) is 0 Å². The Bertz CT molecular complexity index is 431. The Morgan fingerprint density at radius 3 is 2.70 bits per heavy atom. The topological polar surface area (TPSA) is 55.1 Å². The van der Waals surface area contributed by atoms with Crippen LogP contribution in [0.3, 0.4) is 0 Å². The van der Waals surface area contributed by atoms with Gasteiger partial charge in [0.15, 0.2) is 0 Å². The Hall–Kier alpha value is -1.35. The standard InChI is InChI=1S/C17H26N2O/c18-12-6-2-1-3-9-17(20)19-16-11-10-14-7-4-5-8-15(14)13-16/h4-5,7-8,16H,1-3,6,9-13,18H2,(H,19,20). The molecule has 0 bridgehead atoms. The summed E-state index contributed by atoms with van der Waals surface area (Å²) in [6.07, 6.45) is 8.08. The number of aryl methyl sites for hydroxylation is 1. The molecule has 0 saturated heterocycles. The van der Waals surface area contributed by atoms with Crippen molar-refractivity contribution < 1.29 is 4.79 Å². The van der Waals surface area contributed by atoms with Crippen LogP contribution in [0.1, 0.15) is 49.7 Å². The van der Waals surface area contributed by atoms with Crippen LogP contribution in [-0.2, 0) is 17.6 Å². The second-order valence-corrected chi connectivity index (χ2v) is 5.73. The molecule has 0 radical (unpaired) electrons. The molecular weight excluding hydrogens is 248 g/mol. The summed E-state index contributed by atoms with van der Waals surface area (Å²) in [7, 11) is 0. The Morgan fingerprint density at radius 1 is 1.15 bits per heavy atom. The first kappa shape index (κ1) is 15.0. The van der Waals surface area contributed by atoms with E-state index in [4.69, 9.17) is 5.73 Å².